The molecular formula is C23H28N4O4S3. The van der Waals surface area contributed by atoms with Crippen molar-refractivity contribution in [1.82, 2.24) is 14.2 Å². The number of rotatable bonds is 8. The van der Waals surface area contributed by atoms with E-state index in [9.17, 15) is 13.2 Å². The molecule has 8 nitrogen and oxygen atoms in total. The molecule has 0 radical (unpaired) electrons. The summed E-state index contributed by atoms with van der Waals surface area (Å²) in [5.41, 5.74) is 0.850. The Labute approximate surface area is 207 Å². The molecule has 3 aromatic rings. The molecule has 11 heteroatoms. The number of nitrogens with zero attached hydrogens (tertiary/aromatic N) is 4. The van der Waals surface area contributed by atoms with Crippen molar-refractivity contribution in [2.24, 2.45) is 0 Å². The van der Waals surface area contributed by atoms with E-state index < -0.39 is 16.1 Å². The Kier molecular flexibility index (Phi) is 7.28. The highest BCUT2D eigenvalue weighted by atomic mass is 32.2. The largest absolute Gasteiger partial charge is 0.379 e. The molecule has 0 unspecified atom stereocenters. The second-order valence-corrected chi connectivity index (χ2v) is 12.5. The van der Waals surface area contributed by atoms with Crippen molar-refractivity contribution in [3.8, 4) is 0 Å². The molecule has 0 aliphatic carbocycles. The molecule has 2 aliphatic rings. The fraction of sp³-hybridized carbons (Fsp3) is 0.478. The lowest BCUT2D eigenvalue weighted by molar-refractivity contribution is -0.121. The van der Waals surface area contributed by atoms with Gasteiger partial charge in [-0.1, -0.05) is 29.5 Å². The van der Waals surface area contributed by atoms with Gasteiger partial charge in [0.15, 0.2) is 5.13 Å². The SMILES string of the molecule is O=C([C@H]1CCCN1S(=O)(=O)c1cccs1)N(CCCN1CCOCC1)c1nc2ccccc2s1. The van der Waals surface area contributed by atoms with Crippen molar-refractivity contribution in [2.75, 3.05) is 50.8 Å². The van der Waals surface area contributed by atoms with Crippen LogP contribution in [0.5, 0.6) is 0 Å². The molecule has 0 saturated carbocycles. The third kappa shape index (κ3) is 4.91. The number of hydrogen-bond acceptors (Lipinski definition) is 8. The predicted molar refractivity (Wildman–Crippen MR) is 135 cm³/mol. The summed E-state index contributed by atoms with van der Waals surface area (Å²) in [5.74, 6) is -0.182. The normalized spacial score (nSPS) is 20.2. The zero-order valence-electron chi connectivity index (χ0n) is 18.8. The van der Waals surface area contributed by atoms with Gasteiger partial charge < -0.3 is 4.74 Å². The molecule has 2 saturated heterocycles. The maximum atomic E-state index is 13.9. The summed E-state index contributed by atoms with van der Waals surface area (Å²) in [7, 11) is -3.70. The monoisotopic (exact) mass is 520 g/mol. The highest BCUT2D eigenvalue weighted by Gasteiger charge is 2.42. The number of aromatic nitrogens is 1. The van der Waals surface area contributed by atoms with Gasteiger partial charge in [0.1, 0.15) is 10.3 Å². The molecule has 4 heterocycles. The second kappa shape index (κ2) is 10.4. The molecule has 182 valence electrons. The predicted octanol–water partition coefficient (Wildman–Crippen LogP) is 3.27. The van der Waals surface area contributed by atoms with Crippen molar-refractivity contribution < 1.29 is 17.9 Å². The molecule has 34 heavy (non-hydrogen) atoms. The summed E-state index contributed by atoms with van der Waals surface area (Å²) < 4.78 is 34.7. The van der Waals surface area contributed by atoms with E-state index in [2.05, 4.69) is 4.90 Å². The minimum Gasteiger partial charge on any atom is -0.379 e. The standard InChI is InChI=1S/C23H28N4O4S3/c28-22(19-7-3-12-27(19)34(29,30)21-9-4-17-32-21)26(11-5-10-25-13-15-31-16-14-25)23-24-18-6-1-2-8-20(18)33-23/h1-2,4,6,8-9,17,19H,3,5,7,10-16H2/t19-/m1/s1. The molecule has 1 aromatic carbocycles. The number of para-hydroxylation sites is 1. The van der Waals surface area contributed by atoms with Crippen molar-refractivity contribution in [2.45, 2.75) is 29.5 Å². The van der Waals surface area contributed by atoms with Gasteiger partial charge in [0.25, 0.3) is 10.0 Å². The smallest absolute Gasteiger partial charge is 0.253 e. The lowest BCUT2D eigenvalue weighted by atomic mass is 10.2. The average molecular weight is 521 g/mol. The number of carbonyl (C=O) groups is 1. The van der Waals surface area contributed by atoms with Crippen LogP contribution in [0.3, 0.4) is 0 Å². The first-order chi connectivity index (χ1) is 16.5. The molecule has 2 aromatic heterocycles. The Morgan fingerprint density at radius 3 is 2.74 bits per heavy atom. The number of sulfonamides is 1. The average Bonchev–Trinajstić information content (AvgIpc) is 3.62. The van der Waals surface area contributed by atoms with Crippen LogP contribution in [0.25, 0.3) is 10.2 Å². The highest BCUT2D eigenvalue weighted by molar-refractivity contribution is 7.91. The van der Waals surface area contributed by atoms with Crippen molar-refractivity contribution in [3.63, 3.8) is 0 Å². The Morgan fingerprint density at radius 2 is 1.97 bits per heavy atom. The Bertz CT molecular complexity index is 1190. The van der Waals surface area contributed by atoms with Crippen LogP contribution in [0.2, 0.25) is 0 Å². The summed E-state index contributed by atoms with van der Waals surface area (Å²) in [6.07, 6.45) is 1.98. The topological polar surface area (TPSA) is 83.1 Å². The minimum atomic E-state index is -3.70. The van der Waals surface area contributed by atoms with E-state index in [0.717, 1.165) is 49.5 Å². The van der Waals surface area contributed by atoms with Gasteiger partial charge in [-0.25, -0.2) is 13.4 Å². The third-order valence-electron chi connectivity index (χ3n) is 6.29. The Morgan fingerprint density at radius 1 is 1.15 bits per heavy atom. The first-order valence-electron chi connectivity index (χ1n) is 11.6. The van der Waals surface area contributed by atoms with Gasteiger partial charge in [0.2, 0.25) is 5.91 Å². The van der Waals surface area contributed by atoms with Crippen LogP contribution in [-0.4, -0.2) is 80.5 Å². The minimum absolute atomic E-state index is 0.182. The number of fused-ring (bicyclic) bond motifs is 1. The molecule has 0 spiro atoms. The van der Waals surface area contributed by atoms with Gasteiger partial charge in [-0.05, 0) is 42.8 Å². The van der Waals surface area contributed by atoms with Gasteiger partial charge in [0, 0.05) is 32.7 Å². The van der Waals surface area contributed by atoms with Gasteiger partial charge in [-0.3, -0.25) is 14.6 Å². The van der Waals surface area contributed by atoms with E-state index in [1.165, 1.54) is 27.0 Å². The number of ether oxygens (including phenoxy) is 1. The highest BCUT2D eigenvalue weighted by Crippen LogP contribution is 2.33. The lowest BCUT2D eigenvalue weighted by Gasteiger charge is -2.30. The number of carbonyl (C=O) groups excluding carboxylic acids is 1. The number of hydrogen-bond donors (Lipinski definition) is 0. The van der Waals surface area contributed by atoms with E-state index in [-0.39, 0.29) is 10.1 Å². The maximum absolute atomic E-state index is 13.9. The molecular weight excluding hydrogens is 492 g/mol. The van der Waals surface area contributed by atoms with Gasteiger partial charge in [0.05, 0.1) is 23.4 Å². The van der Waals surface area contributed by atoms with E-state index in [1.54, 1.807) is 22.4 Å². The number of morpholine rings is 1. The second-order valence-electron chi connectivity index (χ2n) is 8.47. The first-order valence-corrected chi connectivity index (χ1v) is 14.7. The Balaban J connectivity index is 1.39. The first kappa shape index (κ1) is 23.8. The summed E-state index contributed by atoms with van der Waals surface area (Å²) in [6.45, 7) is 4.97. The fourth-order valence-electron chi connectivity index (χ4n) is 4.53. The van der Waals surface area contributed by atoms with Gasteiger partial charge >= 0.3 is 0 Å². The van der Waals surface area contributed by atoms with Crippen LogP contribution < -0.4 is 4.90 Å². The molecule has 2 fully saturated rings. The van der Waals surface area contributed by atoms with Crippen LogP contribution in [0, 0.1) is 0 Å². The molecule has 1 amide bonds. The van der Waals surface area contributed by atoms with Crippen LogP contribution in [-0.2, 0) is 19.6 Å². The molecule has 2 aliphatic heterocycles. The van der Waals surface area contributed by atoms with Crippen molar-refractivity contribution >= 4 is 54.0 Å². The maximum Gasteiger partial charge on any atom is 0.253 e. The van der Waals surface area contributed by atoms with E-state index >= 15 is 0 Å². The van der Waals surface area contributed by atoms with Crippen molar-refractivity contribution in [1.29, 1.82) is 0 Å². The van der Waals surface area contributed by atoms with Crippen molar-refractivity contribution in [3.05, 3.63) is 41.8 Å². The molecule has 5 rings (SSSR count). The number of amides is 1. The van der Waals surface area contributed by atoms with E-state index in [1.807, 2.05) is 24.3 Å². The number of anilines is 1. The summed E-state index contributed by atoms with van der Waals surface area (Å²) in [6, 6.07) is 10.5. The van der Waals surface area contributed by atoms with Crippen LogP contribution in [0.15, 0.2) is 46.0 Å². The van der Waals surface area contributed by atoms with E-state index in [0.29, 0.717) is 31.1 Å². The number of thiophene rings is 1. The molecule has 0 bridgehead atoms. The Hall–Kier alpha value is -1.89. The summed E-state index contributed by atoms with van der Waals surface area (Å²) in [5, 5.41) is 2.38. The zero-order chi connectivity index (χ0) is 23.5. The molecule has 0 N–H and O–H groups in total. The summed E-state index contributed by atoms with van der Waals surface area (Å²) in [4.78, 5) is 22.7. The number of thiazole rings is 1. The lowest BCUT2D eigenvalue weighted by Crippen LogP contribution is -2.48. The van der Waals surface area contributed by atoms with Crippen LogP contribution in [0.4, 0.5) is 5.13 Å². The van der Waals surface area contributed by atoms with Crippen LogP contribution in [0.1, 0.15) is 19.3 Å². The number of benzene rings is 1. The van der Waals surface area contributed by atoms with E-state index in [4.69, 9.17) is 9.72 Å². The zero-order valence-corrected chi connectivity index (χ0v) is 21.3. The quantitative estimate of drug-likeness (QED) is 0.453. The fourth-order valence-corrected chi connectivity index (χ4v) is 8.30. The third-order valence-corrected chi connectivity index (χ3v) is 10.6. The van der Waals surface area contributed by atoms with Crippen LogP contribution >= 0.6 is 22.7 Å². The van der Waals surface area contributed by atoms with Gasteiger partial charge in [-0.2, -0.15) is 4.31 Å². The molecule has 1 atom stereocenters. The van der Waals surface area contributed by atoms with Gasteiger partial charge in [-0.15, -0.1) is 11.3 Å². The summed E-state index contributed by atoms with van der Waals surface area (Å²) >= 11 is 2.67.